The number of anilines is 1. The fraction of sp³-hybridized carbons (Fsp3) is 0.0833. The summed E-state index contributed by atoms with van der Waals surface area (Å²) >= 11 is 3.35. The topological polar surface area (TPSA) is 83.9 Å². The molecule has 33 heavy (non-hydrogen) atoms. The van der Waals surface area contributed by atoms with Crippen molar-refractivity contribution in [2.75, 3.05) is 4.90 Å². The smallest absolute Gasteiger partial charge is 0.294 e. The van der Waals surface area contributed by atoms with Crippen LogP contribution in [0.5, 0.6) is 0 Å². The van der Waals surface area contributed by atoms with Crippen LogP contribution >= 0.6 is 15.9 Å². The lowest BCUT2D eigenvalue weighted by atomic mass is 9.99. The van der Waals surface area contributed by atoms with Crippen LogP contribution in [0, 0.1) is 18.6 Å². The zero-order chi connectivity index (χ0) is 23.4. The number of hydrogen-bond acceptors (Lipinski definition) is 5. The molecular formula is C24H14BrF2NO5. The molecule has 0 spiro atoms. The van der Waals surface area contributed by atoms with Gasteiger partial charge >= 0.3 is 0 Å². The Hall–Kier alpha value is -3.72. The fourth-order valence-corrected chi connectivity index (χ4v) is 4.26. The highest BCUT2D eigenvalue weighted by atomic mass is 79.9. The molecule has 1 amide bonds. The predicted octanol–water partition coefficient (Wildman–Crippen LogP) is 6.16. The molecule has 0 saturated heterocycles. The largest absolute Gasteiger partial charge is 0.503 e. The molecule has 0 aliphatic carbocycles. The van der Waals surface area contributed by atoms with Gasteiger partial charge in [-0.3, -0.25) is 14.5 Å². The van der Waals surface area contributed by atoms with E-state index in [1.807, 2.05) is 0 Å². The quantitative estimate of drug-likeness (QED) is 0.330. The number of furan rings is 2. The number of benzene rings is 2. The molecule has 1 aliphatic rings. The van der Waals surface area contributed by atoms with Crippen molar-refractivity contribution >= 4 is 44.3 Å². The van der Waals surface area contributed by atoms with Gasteiger partial charge in [0.1, 0.15) is 34.8 Å². The van der Waals surface area contributed by atoms with E-state index >= 15 is 0 Å². The van der Waals surface area contributed by atoms with Crippen LogP contribution in [0.2, 0.25) is 0 Å². The number of aliphatic hydroxyl groups is 1. The Balaban J connectivity index is 1.68. The Labute approximate surface area is 193 Å². The van der Waals surface area contributed by atoms with Crippen molar-refractivity contribution in [1.82, 2.24) is 0 Å². The summed E-state index contributed by atoms with van der Waals surface area (Å²) in [5.74, 6) is -4.03. The van der Waals surface area contributed by atoms with Gasteiger partial charge in [0.25, 0.3) is 5.91 Å². The number of amides is 1. The van der Waals surface area contributed by atoms with E-state index in [-0.39, 0.29) is 17.1 Å². The van der Waals surface area contributed by atoms with Crippen LogP contribution in [0.25, 0.3) is 11.0 Å². The van der Waals surface area contributed by atoms with Gasteiger partial charge in [-0.1, -0.05) is 15.9 Å². The third-order valence-corrected chi connectivity index (χ3v) is 5.85. The minimum Gasteiger partial charge on any atom is -0.503 e. The van der Waals surface area contributed by atoms with Crippen molar-refractivity contribution in [3.63, 3.8) is 0 Å². The Morgan fingerprint density at radius 1 is 1.06 bits per heavy atom. The van der Waals surface area contributed by atoms with E-state index in [1.54, 1.807) is 31.2 Å². The zero-order valence-electron chi connectivity index (χ0n) is 16.9. The number of carbonyl (C=O) groups is 2. The maximum Gasteiger partial charge on any atom is 0.294 e. The van der Waals surface area contributed by atoms with Gasteiger partial charge in [0.2, 0.25) is 5.78 Å². The minimum absolute atomic E-state index is 0.0933. The second-order valence-electron chi connectivity index (χ2n) is 7.51. The summed E-state index contributed by atoms with van der Waals surface area (Å²) in [6.45, 7) is 1.65. The average Bonchev–Trinajstić information content (AvgIpc) is 3.46. The first-order chi connectivity index (χ1) is 15.7. The van der Waals surface area contributed by atoms with E-state index in [1.165, 1.54) is 12.1 Å². The van der Waals surface area contributed by atoms with Gasteiger partial charge in [0.05, 0.1) is 11.3 Å². The molecule has 0 saturated carbocycles. The number of aliphatic hydroxyl groups excluding tert-OH is 1. The number of ketones is 1. The van der Waals surface area contributed by atoms with Crippen molar-refractivity contribution in [1.29, 1.82) is 0 Å². The Morgan fingerprint density at radius 2 is 1.85 bits per heavy atom. The molecular weight excluding hydrogens is 500 g/mol. The molecule has 1 aliphatic heterocycles. The molecule has 1 atom stereocenters. The number of Topliss-reactive ketones (excluding diaryl/α,β-unsaturated/α-hetero) is 1. The summed E-state index contributed by atoms with van der Waals surface area (Å²) in [7, 11) is 0. The highest BCUT2D eigenvalue weighted by Crippen LogP contribution is 2.43. The molecule has 166 valence electrons. The lowest BCUT2D eigenvalue weighted by Gasteiger charge is -2.25. The number of halogens is 3. The van der Waals surface area contributed by atoms with Gasteiger partial charge in [0, 0.05) is 15.9 Å². The summed E-state index contributed by atoms with van der Waals surface area (Å²) in [5.41, 5.74) is -0.387. The molecule has 0 bridgehead atoms. The van der Waals surface area contributed by atoms with Crippen LogP contribution in [0.15, 0.2) is 79.2 Å². The van der Waals surface area contributed by atoms with Crippen molar-refractivity contribution in [2.45, 2.75) is 13.0 Å². The highest BCUT2D eigenvalue weighted by Gasteiger charge is 2.47. The summed E-state index contributed by atoms with van der Waals surface area (Å²) in [4.78, 5) is 27.3. The van der Waals surface area contributed by atoms with Gasteiger partial charge in [-0.2, -0.15) is 0 Å². The Morgan fingerprint density at radius 3 is 2.58 bits per heavy atom. The predicted molar refractivity (Wildman–Crippen MR) is 118 cm³/mol. The standard InChI is InChI=1S/C24H14BrF2NO5/c1-11-2-6-18(32-11)21-20(22(29)19-9-12-8-13(25)3-7-17(12)33-19)23(30)24(31)28(21)16-10-14(26)4-5-15(16)27/h2-10,21,30H,1H3. The van der Waals surface area contributed by atoms with Gasteiger partial charge < -0.3 is 13.9 Å². The average molecular weight is 514 g/mol. The van der Waals surface area contributed by atoms with Crippen LogP contribution < -0.4 is 4.90 Å². The summed E-state index contributed by atoms with van der Waals surface area (Å²) < 4.78 is 40.6. The molecule has 2 aromatic heterocycles. The van der Waals surface area contributed by atoms with E-state index in [0.29, 0.717) is 16.7 Å². The summed E-state index contributed by atoms with van der Waals surface area (Å²) in [6, 6.07) is 10.9. The molecule has 3 heterocycles. The van der Waals surface area contributed by atoms with E-state index in [9.17, 15) is 23.5 Å². The Kier molecular flexibility index (Phi) is 4.93. The molecule has 5 rings (SSSR count). The van der Waals surface area contributed by atoms with E-state index in [4.69, 9.17) is 8.83 Å². The van der Waals surface area contributed by atoms with Crippen LogP contribution in [0.4, 0.5) is 14.5 Å². The summed E-state index contributed by atoms with van der Waals surface area (Å²) in [6.07, 6.45) is 0. The molecule has 2 aromatic carbocycles. The van der Waals surface area contributed by atoms with E-state index < -0.39 is 40.8 Å². The molecule has 1 unspecified atom stereocenters. The van der Waals surface area contributed by atoms with Crippen molar-refractivity contribution in [3.05, 3.63) is 99.3 Å². The molecule has 4 aromatic rings. The molecule has 0 fully saturated rings. The van der Waals surface area contributed by atoms with Gasteiger partial charge in [-0.25, -0.2) is 8.78 Å². The highest BCUT2D eigenvalue weighted by molar-refractivity contribution is 9.10. The molecule has 0 radical (unpaired) electrons. The van der Waals surface area contributed by atoms with Gasteiger partial charge in [-0.05, 0) is 55.5 Å². The fourth-order valence-electron chi connectivity index (χ4n) is 3.88. The van der Waals surface area contributed by atoms with E-state index in [0.717, 1.165) is 27.6 Å². The first-order valence-corrected chi connectivity index (χ1v) is 10.6. The molecule has 9 heteroatoms. The van der Waals surface area contributed by atoms with Gasteiger partial charge in [-0.15, -0.1) is 0 Å². The number of rotatable bonds is 4. The maximum absolute atomic E-state index is 14.6. The first-order valence-electron chi connectivity index (χ1n) is 9.76. The first kappa shape index (κ1) is 21.1. The van der Waals surface area contributed by atoms with Crippen LogP contribution in [-0.4, -0.2) is 16.8 Å². The number of aryl methyl sites for hydroxylation is 1. The normalized spacial score (nSPS) is 16.3. The summed E-state index contributed by atoms with van der Waals surface area (Å²) in [5, 5.41) is 11.3. The Bertz CT molecular complexity index is 1490. The number of fused-ring (bicyclic) bond motifs is 1. The molecule has 1 N–H and O–H groups in total. The third kappa shape index (κ3) is 3.45. The van der Waals surface area contributed by atoms with E-state index in [2.05, 4.69) is 15.9 Å². The lowest BCUT2D eigenvalue weighted by molar-refractivity contribution is -0.117. The monoisotopic (exact) mass is 513 g/mol. The number of carbonyl (C=O) groups excluding carboxylic acids is 2. The SMILES string of the molecule is Cc1ccc(C2C(C(=O)c3cc4cc(Br)ccc4o3)=C(O)C(=O)N2c2cc(F)ccc2F)o1. The van der Waals surface area contributed by atoms with Crippen molar-refractivity contribution in [2.24, 2.45) is 0 Å². The minimum atomic E-state index is -1.34. The maximum atomic E-state index is 14.6. The second-order valence-corrected chi connectivity index (χ2v) is 8.42. The van der Waals surface area contributed by atoms with Gasteiger partial charge in [0.15, 0.2) is 11.5 Å². The number of hydrogen-bond donors (Lipinski definition) is 1. The van der Waals surface area contributed by atoms with Crippen molar-refractivity contribution < 1.29 is 32.3 Å². The van der Waals surface area contributed by atoms with Crippen molar-refractivity contribution in [3.8, 4) is 0 Å². The number of nitrogens with zero attached hydrogens (tertiary/aromatic N) is 1. The lowest BCUT2D eigenvalue weighted by Crippen LogP contribution is -2.31. The van der Waals surface area contributed by atoms with Crippen LogP contribution in [0.3, 0.4) is 0 Å². The zero-order valence-corrected chi connectivity index (χ0v) is 18.5. The third-order valence-electron chi connectivity index (χ3n) is 5.35. The second kappa shape index (κ2) is 7.70. The van der Waals surface area contributed by atoms with Crippen LogP contribution in [-0.2, 0) is 4.79 Å². The molecule has 6 nitrogen and oxygen atoms in total. The van der Waals surface area contributed by atoms with Crippen LogP contribution in [0.1, 0.15) is 28.1 Å².